The molecule has 6 heteroatoms. The number of ether oxygens (including phenoxy) is 1. The topological polar surface area (TPSA) is 70.2 Å². The summed E-state index contributed by atoms with van der Waals surface area (Å²) in [6, 6.07) is 0. The van der Waals surface area contributed by atoms with E-state index in [1.807, 2.05) is 13.8 Å². The summed E-state index contributed by atoms with van der Waals surface area (Å²) in [5.74, 6) is 0.598. The van der Waals surface area contributed by atoms with Gasteiger partial charge in [0.25, 0.3) is 5.70 Å². The molecular formula is C13H17N3O3. The Balaban J connectivity index is 3.07. The van der Waals surface area contributed by atoms with E-state index < -0.39 is 4.92 Å². The minimum atomic E-state index is -0.563. The van der Waals surface area contributed by atoms with Crippen molar-refractivity contribution in [3.63, 3.8) is 0 Å². The standard InChI is InChI=1S/C13H17N3O3/c1-6-12-11(4)14-15(13(12)19-5)9(2)7-8-10(3)16(17)18/h7-8H,2-3,6H2,1,4-5H3/b8-7-. The van der Waals surface area contributed by atoms with Crippen LogP contribution in [0.4, 0.5) is 0 Å². The van der Waals surface area contributed by atoms with Gasteiger partial charge in [0.15, 0.2) is 0 Å². The summed E-state index contributed by atoms with van der Waals surface area (Å²) in [4.78, 5) is 9.89. The summed E-state index contributed by atoms with van der Waals surface area (Å²) in [5, 5.41) is 14.8. The molecule has 0 amide bonds. The van der Waals surface area contributed by atoms with E-state index >= 15 is 0 Å². The first kappa shape index (κ1) is 14.7. The van der Waals surface area contributed by atoms with Crippen molar-refractivity contribution < 1.29 is 9.66 Å². The van der Waals surface area contributed by atoms with E-state index in [2.05, 4.69) is 18.3 Å². The number of aromatic nitrogens is 2. The number of rotatable bonds is 6. The van der Waals surface area contributed by atoms with E-state index in [-0.39, 0.29) is 5.70 Å². The van der Waals surface area contributed by atoms with Crippen molar-refractivity contribution in [2.24, 2.45) is 0 Å². The van der Waals surface area contributed by atoms with Gasteiger partial charge in [-0.05, 0) is 26.0 Å². The van der Waals surface area contributed by atoms with Crippen molar-refractivity contribution in [1.82, 2.24) is 9.78 Å². The lowest BCUT2D eigenvalue weighted by atomic mass is 10.2. The fraction of sp³-hybridized carbons (Fsp3) is 0.308. The van der Waals surface area contributed by atoms with Crippen LogP contribution in [0.3, 0.4) is 0 Å². The number of nitro groups is 1. The molecular weight excluding hydrogens is 246 g/mol. The van der Waals surface area contributed by atoms with Gasteiger partial charge < -0.3 is 4.74 Å². The average Bonchev–Trinajstić information content (AvgIpc) is 2.71. The van der Waals surface area contributed by atoms with Gasteiger partial charge >= 0.3 is 0 Å². The van der Waals surface area contributed by atoms with Gasteiger partial charge in [0.2, 0.25) is 5.88 Å². The van der Waals surface area contributed by atoms with Crippen LogP contribution in [-0.2, 0) is 6.42 Å². The van der Waals surface area contributed by atoms with Gasteiger partial charge in [-0.25, -0.2) is 4.68 Å². The summed E-state index contributed by atoms with van der Waals surface area (Å²) in [6.07, 6.45) is 3.55. The second-order valence-corrected chi connectivity index (χ2v) is 3.91. The van der Waals surface area contributed by atoms with Crippen molar-refractivity contribution in [1.29, 1.82) is 0 Å². The lowest BCUT2D eigenvalue weighted by molar-refractivity contribution is -0.418. The van der Waals surface area contributed by atoms with Crippen molar-refractivity contribution in [3.8, 4) is 5.88 Å². The Morgan fingerprint density at radius 1 is 1.53 bits per heavy atom. The lowest BCUT2D eigenvalue weighted by Gasteiger charge is -2.06. The van der Waals surface area contributed by atoms with E-state index in [9.17, 15) is 10.1 Å². The normalized spacial score (nSPS) is 10.7. The molecule has 1 aromatic rings. The quantitative estimate of drug-likeness (QED) is 0.449. The van der Waals surface area contributed by atoms with E-state index in [1.165, 1.54) is 16.8 Å². The van der Waals surface area contributed by atoms with Gasteiger partial charge in [0.05, 0.1) is 23.4 Å². The molecule has 0 bridgehead atoms. The van der Waals surface area contributed by atoms with Crippen LogP contribution in [0.1, 0.15) is 18.2 Å². The van der Waals surface area contributed by atoms with Crippen molar-refractivity contribution in [2.45, 2.75) is 20.3 Å². The molecule has 1 rings (SSSR count). The van der Waals surface area contributed by atoms with Crippen LogP contribution in [-0.4, -0.2) is 21.8 Å². The summed E-state index contributed by atoms with van der Waals surface area (Å²) in [6.45, 7) is 11.0. The highest BCUT2D eigenvalue weighted by Gasteiger charge is 2.15. The summed E-state index contributed by atoms with van der Waals surface area (Å²) < 4.78 is 6.84. The second-order valence-electron chi connectivity index (χ2n) is 3.91. The third kappa shape index (κ3) is 3.09. The van der Waals surface area contributed by atoms with Crippen LogP contribution in [0.25, 0.3) is 5.70 Å². The van der Waals surface area contributed by atoms with Crippen LogP contribution in [0.15, 0.2) is 31.0 Å². The predicted octanol–water partition coefficient (Wildman–Crippen LogP) is 2.58. The summed E-state index contributed by atoms with van der Waals surface area (Å²) in [5.41, 5.74) is 2.11. The first-order valence-corrected chi connectivity index (χ1v) is 5.75. The third-order valence-corrected chi connectivity index (χ3v) is 2.66. The molecule has 19 heavy (non-hydrogen) atoms. The fourth-order valence-electron chi connectivity index (χ4n) is 1.67. The van der Waals surface area contributed by atoms with Gasteiger partial charge in [-0.1, -0.05) is 13.5 Å². The van der Waals surface area contributed by atoms with E-state index in [0.717, 1.165) is 17.7 Å². The first-order valence-electron chi connectivity index (χ1n) is 5.75. The highest BCUT2D eigenvalue weighted by atomic mass is 16.6. The largest absolute Gasteiger partial charge is 0.481 e. The molecule has 102 valence electrons. The fourth-order valence-corrected chi connectivity index (χ4v) is 1.67. The van der Waals surface area contributed by atoms with Gasteiger partial charge in [-0.15, -0.1) is 0 Å². The van der Waals surface area contributed by atoms with Crippen molar-refractivity contribution >= 4 is 5.70 Å². The molecule has 0 unspecified atom stereocenters. The van der Waals surface area contributed by atoms with Crippen LogP contribution >= 0.6 is 0 Å². The average molecular weight is 263 g/mol. The molecule has 0 aliphatic carbocycles. The molecule has 0 aliphatic heterocycles. The zero-order valence-corrected chi connectivity index (χ0v) is 11.3. The van der Waals surface area contributed by atoms with Crippen LogP contribution in [0, 0.1) is 17.0 Å². The maximum Gasteiger partial charge on any atom is 0.262 e. The Labute approximate surface area is 111 Å². The number of allylic oxidation sites excluding steroid dienone is 3. The van der Waals surface area contributed by atoms with Gasteiger partial charge in [-0.2, -0.15) is 5.10 Å². The number of hydrogen-bond acceptors (Lipinski definition) is 4. The van der Waals surface area contributed by atoms with Crippen LogP contribution < -0.4 is 4.74 Å². The van der Waals surface area contributed by atoms with Crippen LogP contribution in [0.5, 0.6) is 5.88 Å². The van der Waals surface area contributed by atoms with Gasteiger partial charge in [-0.3, -0.25) is 10.1 Å². The van der Waals surface area contributed by atoms with E-state index in [4.69, 9.17) is 4.74 Å². The zero-order chi connectivity index (χ0) is 14.6. The number of nitrogens with zero attached hydrogens (tertiary/aromatic N) is 3. The highest BCUT2D eigenvalue weighted by Crippen LogP contribution is 2.25. The molecule has 6 nitrogen and oxygen atoms in total. The Bertz CT molecular complexity index is 556. The number of aryl methyl sites for hydroxylation is 1. The Morgan fingerprint density at radius 3 is 2.63 bits per heavy atom. The Kier molecular flexibility index (Phi) is 4.63. The maximum absolute atomic E-state index is 10.5. The minimum absolute atomic E-state index is 0.209. The molecule has 0 radical (unpaired) electrons. The molecule has 1 heterocycles. The molecule has 0 saturated carbocycles. The SMILES string of the molecule is C=C(/C=C\C(=C)[N+](=O)[O-])n1nc(C)c(CC)c1OC. The third-order valence-electron chi connectivity index (χ3n) is 2.66. The maximum atomic E-state index is 10.5. The molecule has 0 fully saturated rings. The monoisotopic (exact) mass is 263 g/mol. The Hall–Kier alpha value is -2.37. The smallest absolute Gasteiger partial charge is 0.262 e. The van der Waals surface area contributed by atoms with E-state index in [1.54, 1.807) is 7.11 Å². The predicted molar refractivity (Wildman–Crippen MR) is 73.5 cm³/mol. The molecule has 0 atom stereocenters. The van der Waals surface area contributed by atoms with Crippen molar-refractivity contribution in [3.05, 3.63) is 52.4 Å². The summed E-state index contributed by atoms with van der Waals surface area (Å²) >= 11 is 0. The summed E-state index contributed by atoms with van der Waals surface area (Å²) in [7, 11) is 1.55. The van der Waals surface area contributed by atoms with Crippen molar-refractivity contribution in [2.75, 3.05) is 7.11 Å². The van der Waals surface area contributed by atoms with Gasteiger partial charge in [0, 0.05) is 11.6 Å². The van der Waals surface area contributed by atoms with Crippen LogP contribution in [0.2, 0.25) is 0 Å². The first-order chi connectivity index (χ1) is 8.92. The number of hydrogen-bond donors (Lipinski definition) is 0. The molecule has 1 aromatic heterocycles. The zero-order valence-electron chi connectivity index (χ0n) is 11.3. The molecule has 0 aliphatic rings. The number of methoxy groups -OCH3 is 1. The molecule has 0 spiro atoms. The van der Waals surface area contributed by atoms with E-state index in [0.29, 0.717) is 11.6 Å². The highest BCUT2D eigenvalue weighted by molar-refractivity contribution is 5.57. The molecule has 0 aromatic carbocycles. The molecule has 0 N–H and O–H groups in total. The van der Waals surface area contributed by atoms with Gasteiger partial charge in [0.1, 0.15) is 0 Å². The lowest BCUT2D eigenvalue weighted by Crippen LogP contribution is -2.01. The minimum Gasteiger partial charge on any atom is -0.481 e. The second kappa shape index (κ2) is 5.99. The Morgan fingerprint density at radius 2 is 2.16 bits per heavy atom. The molecule has 0 saturated heterocycles.